The highest BCUT2D eigenvalue weighted by atomic mass is 15.2. The molecule has 1 aliphatic rings. The Morgan fingerprint density at radius 1 is 1.18 bits per heavy atom. The quantitative estimate of drug-likeness (QED) is 0.735. The number of anilines is 2. The van der Waals surface area contributed by atoms with Crippen LogP contribution in [0.3, 0.4) is 0 Å². The molecule has 2 rings (SSSR count). The standard InChI is InChI=1S/C15H24N2/c1-10-11(2)17(6)13-9-7-8-12(14(13)16-10)15(3,4)5/h7-11,16H,1-6H3. The van der Waals surface area contributed by atoms with Crippen LogP contribution in [-0.2, 0) is 5.41 Å². The average Bonchev–Trinajstić information content (AvgIpc) is 2.24. The predicted octanol–water partition coefficient (Wildman–Crippen LogP) is 3.62. The largest absolute Gasteiger partial charge is 0.379 e. The van der Waals surface area contributed by atoms with E-state index >= 15 is 0 Å². The van der Waals surface area contributed by atoms with Crippen molar-refractivity contribution in [3.05, 3.63) is 23.8 Å². The van der Waals surface area contributed by atoms with Crippen LogP contribution in [0, 0.1) is 0 Å². The highest BCUT2D eigenvalue weighted by molar-refractivity contribution is 5.77. The third-order valence-electron chi connectivity index (χ3n) is 3.94. The van der Waals surface area contributed by atoms with Crippen molar-refractivity contribution in [1.82, 2.24) is 0 Å². The fourth-order valence-corrected chi connectivity index (χ4v) is 2.51. The van der Waals surface area contributed by atoms with Gasteiger partial charge in [0.1, 0.15) is 0 Å². The van der Waals surface area contributed by atoms with E-state index in [0.29, 0.717) is 12.1 Å². The highest BCUT2D eigenvalue weighted by Gasteiger charge is 2.29. The van der Waals surface area contributed by atoms with Crippen LogP contribution in [0.4, 0.5) is 11.4 Å². The summed E-state index contributed by atoms with van der Waals surface area (Å²) in [5, 5.41) is 3.67. The zero-order chi connectivity index (χ0) is 12.8. The monoisotopic (exact) mass is 232 g/mol. The molecule has 2 nitrogen and oxygen atoms in total. The molecule has 0 spiro atoms. The Bertz CT molecular complexity index is 417. The maximum absolute atomic E-state index is 3.67. The van der Waals surface area contributed by atoms with Crippen molar-refractivity contribution in [2.45, 2.75) is 52.1 Å². The maximum Gasteiger partial charge on any atom is 0.0618 e. The van der Waals surface area contributed by atoms with Gasteiger partial charge in [-0.25, -0.2) is 0 Å². The summed E-state index contributed by atoms with van der Waals surface area (Å²) >= 11 is 0. The van der Waals surface area contributed by atoms with E-state index in [1.54, 1.807) is 0 Å². The van der Waals surface area contributed by atoms with Crippen molar-refractivity contribution in [2.24, 2.45) is 0 Å². The highest BCUT2D eigenvalue weighted by Crippen LogP contribution is 2.40. The van der Waals surface area contributed by atoms with Crippen molar-refractivity contribution < 1.29 is 0 Å². The van der Waals surface area contributed by atoms with Crippen LogP contribution in [0.2, 0.25) is 0 Å². The normalized spacial score (nSPS) is 24.2. The number of benzene rings is 1. The number of nitrogens with zero attached hydrogens (tertiary/aromatic N) is 1. The molecule has 0 fully saturated rings. The number of para-hydroxylation sites is 1. The molecule has 1 heterocycles. The van der Waals surface area contributed by atoms with Gasteiger partial charge in [0.15, 0.2) is 0 Å². The zero-order valence-electron chi connectivity index (χ0n) is 11.8. The summed E-state index contributed by atoms with van der Waals surface area (Å²) in [5.74, 6) is 0. The first kappa shape index (κ1) is 12.3. The molecule has 0 bridgehead atoms. The van der Waals surface area contributed by atoms with Gasteiger partial charge >= 0.3 is 0 Å². The molecule has 0 amide bonds. The van der Waals surface area contributed by atoms with Gasteiger partial charge in [0.25, 0.3) is 0 Å². The molecule has 0 aromatic heterocycles. The lowest BCUT2D eigenvalue weighted by Gasteiger charge is -2.41. The lowest BCUT2D eigenvalue weighted by atomic mass is 9.84. The van der Waals surface area contributed by atoms with Gasteiger partial charge in [-0.3, -0.25) is 0 Å². The Labute approximate surface area is 105 Å². The molecule has 0 radical (unpaired) electrons. The topological polar surface area (TPSA) is 15.3 Å². The number of rotatable bonds is 0. The fourth-order valence-electron chi connectivity index (χ4n) is 2.51. The number of fused-ring (bicyclic) bond motifs is 1. The van der Waals surface area contributed by atoms with E-state index in [4.69, 9.17) is 0 Å². The molecule has 1 aromatic rings. The Kier molecular flexibility index (Phi) is 2.84. The maximum atomic E-state index is 3.67. The number of hydrogen-bond acceptors (Lipinski definition) is 2. The van der Waals surface area contributed by atoms with E-state index in [2.05, 4.69) is 70.1 Å². The van der Waals surface area contributed by atoms with E-state index in [9.17, 15) is 0 Å². The zero-order valence-corrected chi connectivity index (χ0v) is 11.8. The van der Waals surface area contributed by atoms with E-state index in [-0.39, 0.29) is 5.41 Å². The minimum absolute atomic E-state index is 0.180. The fraction of sp³-hybridized carbons (Fsp3) is 0.600. The summed E-state index contributed by atoms with van der Waals surface area (Å²) in [6.45, 7) is 11.3. The Balaban J connectivity index is 2.56. The summed E-state index contributed by atoms with van der Waals surface area (Å²) in [5.41, 5.74) is 4.22. The van der Waals surface area contributed by atoms with E-state index in [1.807, 2.05) is 0 Å². The summed E-state index contributed by atoms with van der Waals surface area (Å²) in [6.07, 6.45) is 0. The molecule has 2 unspecified atom stereocenters. The number of likely N-dealkylation sites (N-methyl/N-ethyl adjacent to an activating group) is 1. The Hall–Kier alpha value is -1.18. The Morgan fingerprint density at radius 3 is 2.41 bits per heavy atom. The third kappa shape index (κ3) is 2.01. The SMILES string of the molecule is CC1Nc2c(cccc2C(C)(C)C)N(C)C1C. The molecular formula is C15H24N2. The van der Waals surface area contributed by atoms with Crippen molar-refractivity contribution in [1.29, 1.82) is 0 Å². The summed E-state index contributed by atoms with van der Waals surface area (Å²) in [6, 6.07) is 7.62. The van der Waals surface area contributed by atoms with Crippen molar-refractivity contribution >= 4 is 11.4 Å². The Morgan fingerprint density at radius 2 is 1.82 bits per heavy atom. The van der Waals surface area contributed by atoms with Crippen LogP contribution in [0.25, 0.3) is 0 Å². The van der Waals surface area contributed by atoms with Gasteiger partial charge in [-0.1, -0.05) is 32.9 Å². The van der Waals surface area contributed by atoms with Gasteiger partial charge in [0, 0.05) is 19.1 Å². The van der Waals surface area contributed by atoms with Gasteiger partial charge in [0.05, 0.1) is 11.4 Å². The summed E-state index contributed by atoms with van der Waals surface area (Å²) in [4.78, 5) is 2.38. The molecule has 0 saturated carbocycles. The smallest absolute Gasteiger partial charge is 0.0618 e. The van der Waals surface area contributed by atoms with Crippen LogP contribution in [-0.4, -0.2) is 19.1 Å². The summed E-state index contributed by atoms with van der Waals surface area (Å²) < 4.78 is 0. The van der Waals surface area contributed by atoms with Crippen LogP contribution in [0.1, 0.15) is 40.2 Å². The lowest BCUT2D eigenvalue weighted by Crippen LogP contribution is -2.46. The minimum atomic E-state index is 0.180. The van der Waals surface area contributed by atoms with Gasteiger partial charge < -0.3 is 10.2 Å². The second kappa shape index (κ2) is 3.94. The second-order valence-corrected chi connectivity index (χ2v) is 6.23. The van der Waals surface area contributed by atoms with Crippen LogP contribution in [0.5, 0.6) is 0 Å². The van der Waals surface area contributed by atoms with E-state index in [0.717, 1.165) is 0 Å². The van der Waals surface area contributed by atoms with Crippen molar-refractivity contribution in [3.8, 4) is 0 Å². The van der Waals surface area contributed by atoms with Crippen LogP contribution < -0.4 is 10.2 Å². The molecule has 2 atom stereocenters. The van der Waals surface area contributed by atoms with Crippen molar-refractivity contribution in [2.75, 3.05) is 17.3 Å². The molecule has 2 heteroatoms. The second-order valence-electron chi connectivity index (χ2n) is 6.23. The molecular weight excluding hydrogens is 208 g/mol. The predicted molar refractivity (Wildman–Crippen MR) is 76.1 cm³/mol. The first-order chi connectivity index (χ1) is 7.82. The first-order valence-corrected chi connectivity index (χ1v) is 6.45. The molecule has 1 aliphatic heterocycles. The molecule has 0 aliphatic carbocycles. The average molecular weight is 232 g/mol. The number of nitrogens with one attached hydrogen (secondary N) is 1. The molecule has 0 saturated heterocycles. The van der Waals surface area contributed by atoms with E-state index in [1.165, 1.54) is 16.9 Å². The lowest BCUT2D eigenvalue weighted by molar-refractivity contribution is 0.564. The molecule has 17 heavy (non-hydrogen) atoms. The van der Waals surface area contributed by atoms with Gasteiger partial charge in [-0.15, -0.1) is 0 Å². The van der Waals surface area contributed by atoms with Gasteiger partial charge in [-0.2, -0.15) is 0 Å². The van der Waals surface area contributed by atoms with E-state index < -0.39 is 0 Å². The first-order valence-electron chi connectivity index (χ1n) is 6.45. The minimum Gasteiger partial charge on any atom is -0.379 e. The van der Waals surface area contributed by atoms with Crippen LogP contribution in [0.15, 0.2) is 18.2 Å². The third-order valence-corrected chi connectivity index (χ3v) is 3.94. The molecule has 1 aromatic carbocycles. The van der Waals surface area contributed by atoms with Gasteiger partial charge in [-0.05, 0) is 30.9 Å². The number of hydrogen-bond donors (Lipinski definition) is 1. The van der Waals surface area contributed by atoms with Crippen molar-refractivity contribution in [3.63, 3.8) is 0 Å². The summed E-state index contributed by atoms with van der Waals surface area (Å²) in [7, 11) is 2.19. The van der Waals surface area contributed by atoms with Crippen LogP contribution >= 0.6 is 0 Å². The molecule has 94 valence electrons. The van der Waals surface area contributed by atoms with Gasteiger partial charge in [0.2, 0.25) is 0 Å². The molecule has 1 N–H and O–H groups in total.